The maximum absolute atomic E-state index is 11.5. The minimum Gasteiger partial charge on any atom is -0.274 e. The van der Waals surface area contributed by atoms with Gasteiger partial charge < -0.3 is 0 Å². The first-order valence-electron chi connectivity index (χ1n) is 3.67. The summed E-state index contributed by atoms with van der Waals surface area (Å²) in [5, 5.41) is 3.42. The molecule has 1 heterocycles. The predicted molar refractivity (Wildman–Crippen MR) is 45.5 cm³/mol. The highest BCUT2D eigenvalue weighted by molar-refractivity contribution is 7.92. The highest BCUT2D eigenvalue weighted by atomic mass is 32.2. The zero-order valence-electron chi connectivity index (χ0n) is 7.35. The van der Waals surface area contributed by atoms with Crippen LogP contribution in [0.4, 0.5) is 0 Å². The average molecular weight is 188 g/mol. The van der Waals surface area contributed by atoms with Gasteiger partial charge in [0, 0.05) is 13.2 Å². The molecule has 12 heavy (non-hydrogen) atoms. The van der Waals surface area contributed by atoms with Crippen molar-refractivity contribution in [1.29, 1.82) is 0 Å². The van der Waals surface area contributed by atoms with Crippen molar-refractivity contribution in [3.05, 3.63) is 12.4 Å². The molecule has 1 aromatic rings. The highest BCUT2D eigenvalue weighted by Gasteiger charge is 2.20. The Kier molecular flexibility index (Phi) is 2.23. The number of aryl methyl sites for hydroxylation is 1. The lowest BCUT2D eigenvalue weighted by Gasteiger charge is -2.03. The molecular formula is C7H12N2O2S. The molecule has 0 aliphatic rings. The van der Waals surface area contributed by atoms with Crippen LogP contribution in [0.5, 0.6) is 0 Å². The lowest BCUT2D eigenvalue weighted by Crippen LogP contribution is -2.13. The Balaban J connectivity index is 3.15. The summed E-state index contributed by atoms with van der Waals surface area (Å²) in [7, 11) is -1.45. The monoisotopic (exact) mass is 188 g/mol. The largest absolute Gasteiger partial charge is 0.274 e. The second kappa shape index (κ2) is 2.90. The summed E-state index contributed by atoms with van der Waals surface area (Å²) in [6.45, 7) is 3.31. The number of hydrogen-bond acceptors (Lipinski definition) is 3. The zero-order valence-corrected chi connectivity index (χ0v) is 8.17. The maximum atomic E-state index is 11.5. The van der Waals surface area contributed by atoms with Crippen LogP contribution in [-0.2, 0) is 16.9 Å². The molecule has 0 aliphatic carbocycles. The summed E-state index contributed by atoms with van der Waals surface area (Å²) < 4.78 is 24.5. The predicted octanol–water partition coefficient (Wildman–Crippen LogP) is 0.602. The number of hydrogen-bond donors (Lipinski definition) is 0. The molecule has 0 saturated carbocycles. The zero-order chi connectivity index (χ0) is 9.35. The van der Waals surface area contributed by atoms with Gasteiger partial charge in [-0.2, -0.15) is 5.10 Å². The van der Waals surface area contributed by atoms with E-state index in [0.717, 1.165) is 0 Å². The van der Waals surface area contributed by atoms with Gasteiger partial charge in [0.05, 0.1) is 11.4 Å². The lowest BCUT2D eigenvalue weighted by atomic mass is 10.6. The molecule has 0 bridgehead atoms. The molecule has 0 saturated heterocycles. The fraction of sp³-hybridized carbons (Fsp3) is 0.571. The fourth-order valence-electron chi connectivity index (χ4n) is 0.818. The molecular weight excluding hydrogens is 176 g/mol. The molecule has 1 aromatic heterocycles. The summed E-state index contributed by atoms with van der Waals surface area (Å²) in [5.74, 6) is 0. The number of sulfone groups is 1. The van der Waals surface area contributed by atoms with E-state index in [4.69, 9.17) is 0 Å². The van der Waals surface area contributed by atoms with Crippen LogP contribution in [0.2, 0.25) is 0 Å². The van der Waals surface area contributed by atoms with E-state index in [0.29, 0.717) is 4.90 Å². The Morgan fingerprint density at radius 3 is 2.42 bits per heavy atom. The molecule has 0 N–H and O–H groups in total. The van der Waals surface area contributed by atoms with Crippen molar-refractivity contribution in [3.8, 4) is 0 Å². The summed E-state index contributed by atoms with van der Waals surface area (Å²) in [5.41, 5.74) is 0. The average Bonchev–Trinajstić information content (AvgIpc) is 2.35. The van der Waals surface area contributed by atoms with Gasteiger partial charge in [-0.15, -0.1) is 0 Å². The first-order chi connectivity index (χ1) is 5.44. The van der Waals surface area contributed by atoms with E-state index in [1.165, 1.54) is 17.1 Å². The van der Waals surface area contributed by atoms with Crippen LogP contribution < -0.4 is 0 Å². The highest BCUT2D eigenvalue weighted by Crippen LogP contribution is 2.13. The van der Waals surface area contributed by atoms with E-state index in [2.05, 4.69) is 5.10 Å². The van der Waals surface area contributed by atoms with Crippen LogP contribution in [0.25, 0.3) is 0 Å². The number of rotatable bonds is 2. The summed E-state index contributed by atoms with van der Waals surface area (Å²) in [6, 6.07) is 0. The molecule has 5 heteroatoms. The van der Waals surface area contributed by atoms with Crippen LogP contribution >= 0.6 is 0 Å². The SMILES string of the molecule is CC(C)S(=O)(=O)c1cnn(C)c1. The van der Waals surface area contributed by atoms with E-state index < -0.39 is 9.84 Å². The first kappa shape index (κ1) is 9.25. The van der Waals surface area contributed by atoms with E-state index >= 15 is 0 Å². The van der Waals surface area contributed by atoms with Gasteiger partial charge in [0.1, 0.15) is 4.90 Å². The third kappa shape index (κ3) is 1.50. The third-order valence-corrected chi connectivity index (χ3v) is 3.74. The van der Waals surface area contributed by atoms with Gasteiger partial charge in [0.15, 0.2) is 9.84 Å². The van der Waals surface area contributed by atoms with Gasteiger partial charge >= 0.3 is 0 Å². The van der Waals surface area contributed by atoms with Crippen LogP contribution in [0.15, 0.2) is 17.3 Å². The van der Waals surface area contributed by atoms with Gasteiger partial charge in [-0.1, -0.05) is 0 Å². The van der Waals surface area contributed by atoms with Crippen molar-refractivity contribution >= 4 is 9.84 Å². The van der Waals surface area contributed by atoms with Crippen LogP contribution in [0, 0.1) is 0 Å². The smallest absolute Gasteiger partial charge is 0.183 e. The second-order valence-electron chi connectivity index (χ2n) is 2.94. The van der Waals surface area contributed by atoms with Crippen molar-refractivity contribution in [2.75, 3.05) is 0 Å². The Labute approximate surface area is 72.1 Å². The molecule has 0 amide bonds. The van der Waals surface area contributed by atoms with E-state index in [1.54, 1.807) is 20.9 Å². The Bertz CT molecular complexity index is 365. The van der Waals surface area contributed by atoms with E-state index in [9.17, 15) is 8.42 Å². The number of nitrogens with zero attached hydrogens (tertiary/aromatic N) is 2. The van der Waals surface area contributed by atoms with Gasteiger partial charge in [-0.25, -0.2) is 8.42 Å². The van der Waals surface area contributed by atoms with Crippen molar-refractivity contribution in [3.63, 3.8) is 0 Å². The van der Waals surface area contributed by atoms with Gasteiger partial charge in [0.2, 0.25) is 0 Å². The lowest BCUT2D eigenvalue weighted by molar-refractivity contribution is 0.587. The second-order valence-corrected chi connectivity index (χ2v) is 5.45. The molecule has 68 valence electrons. The first-order valence-corrected chi connectivity index (χ1v) is 5.22. The van der Waals surface area contributed by atoms with Crippen molar-refractivity contribution < 1.29 is 8.42 Å². The Morgan fingerprint density at radius 2 is 2.08 bits per heavy atom. The van der Waals surface area contributed by atoms with E-state index in [1.807, 2.05) is 0 Å². The van der Waals surface area contributed by atoms with Gasteiger partial charge in [0.25, 0.3) is 0 Å². The van der Waals surface area contributed by atoms with Gasteiger partial charge in [-0.05, 0) is 13.8 Å². The molecule has 0 aromatic carbocycles. The number of aromatic nitrogens is 2. The normalized spacial score (nSPS) is 12.3. The van der Waals surface area contributed by atoms with E-state index in [-0.39, 0.29) is 5.25 Å². The molecule has 0 aliphatic heterocycles. The topological polar surface area (TPSA) is 52.0 Å². The fourth-order valence-corrected chi connectivity index (χ4v) is 1.86. The summed E-state index contributed by atoms with van der Waals surface area (Å²) in [6.07, 6.45) is 2.88. The molecule has 0 fully saturated rings. The Morgan fingerprint density at radius 1 is 1.50 bits per heavy atom. The summed E-state index contributed by atoms with van der Waals surface area (Å²) in [4.78, 5) is 0.292. The van der Waals surface area contributed by atoms with Crippen LogP contribution in [0.1, 0.15) is 13.8 Å². The van der Waals surface area contributed by atoms with Crippen LogP contribution in [0.3, 0.4) is 0 Å². The maximum Gasteiger partial charge on any atom is 0.183 e. The molecule has 0 radical (unpaired) electrons. The molecule has 0 spiro atoms. The molecule has 0 atom stereocenters. The minimum atomic E-state index is -3.14. The minimum absolute atomic E-state index is 0.292. The van der Waals surface area contributed by atoms with Gasteiger partial charge in [-0.3, -0.25) is 4.68 Å². The van der Waals surface area contributed by atoms with Crippen molar-refractivity contribution in [2.24, 2.45) is 7.05 Å². The molecule has 1 rings (SSSR count). The molecule has 0 unspecified atom stereocenters. The Hall–Kier alpha value is -0.840. The quantitative estimate of drug-likeness (QED) is 0.683. The van der Waals surface area contributed by atoms with Crippen molar-refractivity contribution in [1.82, 2.24) is 9.78 Å². The molecule has 4 nitrogen and oxygen atoms in total. The van der Waals surface area contributed by atoms with Crippen molar-refractivity contribution in [2.45, 2.75) is 24.0 Å². The van der Waals surface area contributed by atoms with Crippen LogP contribution in [-0.4, -0.2) is 23.4 Å². The third-order valence-electron chi connectivity index (χ3n) is 1.63. The standard InChI is InChI=1S/C7H12N2O2S/c1-6(2)12(10,11)7-4-8-9(3)5-7/h4-6H,1-3H3. The summed E-state index contributed by atoms with van der Waals surface area (Å²) >= 11 is 0.